The first kappa shape index (κ1) is 21.5. The smallest absolute Gasteiger partial charge is 0.243 e. The van der Waals surface area contributed by atoms with Gasteiger partial charge in [-0.15, -0.1) is 0 Å². The van der Waals surface area contributed by atoms with Gasteiger partial charge in [0.25, 0.3) is 0 Å². The Morgan fingerprint density at radius 3 is 2.58 bits per heavy atom. The molecule has 0 bridgehead atoms. The van der Waals surface area contributed by atoms with E-state index < -0.39 is 10.0 Å². The van der Waals surface area contributed by atoms with E-state index in [-0.39, 0.29) is 5.92 Å². The van der Waals surface area contributed by atoms with Crippen LogP contribution in [0.3, 0.4) is 0 Å². The molecule has 1 aromatic heterocycles. The summed E-state index contributed by atoms with van der Waals surface area (Å²) in [5.74, 6) is 1.51. The number of ether oxygens (including phenoxy) is 1. The van der Waals surface area contributed by atoms with Gasteiger partial charge in [0.15, 0.2) is 0 Å². The fourth-order valence-corrected chi connectivity index (χ4v) is 6.28. The maximum absolute atomic E-state index is 13.5. The van der Waals surface area contributed by atoms with Crippen molar-refractivity contribution in [1.29, 1.82) is 0 Å². The topological polar surface area (TPSA) is 85.5 Å². The summed E-state index contributed by atoms with van der Waals surface area (Å²) < 4.78 is 39.3. The zero-order valence-corrected chi connectivity index (χ0v) is 19.1. The summed E-state index contributed by atoms with van der Waals surface area (Å²) in [7, 11) is -2.00. The molecule has 0 radical (unpaired) electrons. The predicted molar refractivity (Wildman–Crippen MR) is 118 cm³/mol. The monoisotopic (exact) mass is 441 g/mol. The third-order valence-electron chi connectivity index (χ3n) is 5.71. The number of hydrogen-bond donors (Lipinski definition) is 0. The fourth-order valence-electron chi connectivity index (χ4n) is 4.35. The van der Waals surface area contributed by atoms with Crippen molar-refractivity contribution in [1.82, 2.24) is 14.4 Å². The highest BCUT2D eigenvalue weighted by molar-refractivity contribution is 7.89. The van der Waals surface area contributed by atoms with Crippen LogP contribution in [0.2, 0.25) is 0 Å². The molecule has 0 N–H and O–H groups in total. The van der Waals surface area contributed by atoms with Gasteiger partial charge in [-0.3, -0.25) is 0 Å². The number of sulfonamides is 1. The molecule has 7 nitrogen and oxygen atoms in total. The molecule has 3 aromatic rings. The zero-order chi connectivity index (χ0) is 22.2. The SMILES string of the molecule is COc1cccc(-c2noc(C3CCCN(S(=O)(=O)c4c(C)cc(C)cc4C)C3)n2)c1. The molecule has 1 aliphatic heterocycles. The Kier molecular flexibility index (Phi) is 5.85. The summed E-state index contributed by atoms with van der Waals surface area (Å²) in [6, 6.07) is 11.3. The minimum absolute atomic E-state index is 0.138. The Hall–Kier alpha value is -2.71. The van der Waals surface area contributed by atoms with E-state index in [9.17, 15) is 8.42 Å². The normalized spacial score (nSPS) is 17.6. The van der Waals surface area contributed by atoms with Gasteiger partial charge >= 0.3 is 0 Å². The number of rotatable bonds is 5. The Morgan fingerprint density at radius 2 is 1.87 bits per heavy atom. The lowest BCUT2D eigenvalue weighted by atomic mass is 10.00. The van der Waals surface area contributed by atoms with Gasteiger partial charge in [-0.25, -0.2) is 8.42 Å². The summed E-state index contributed by atoms with van der Waals surface area (Å²) in [5, 5.41) is 4.11. The van der Waals surface area contributed by atoms with Crippen LogP contribution in [-0.4, -0.2) is 43.1 Å². The van der Waals surface area contributed by atoms with Gasteiger partial charge in [0.1, 0.15) is 5.75 Å². The minimum atomic E-state index is -3.61. The van der Waals surface area contributed by atoms with E-state index in [1.54, 1.807) is 11.4 Å². The largest absolute Gasteiger partial charge is 0.497 e. The summed E-state index contributed by atoms with van der Waals surface area (Å²) in [6.07, 6.45) is 1.54. The maximum Gasteiger partial charge on any atom is 0.243 e. The first-order valence-electron chi connectivity index (χ1n) is 10.4. The Labute approximate surface area is 183 Å². The number of piperidine rings is 1. The van der Waals surface area contributed by atoms with Gasteiger partial charge in [-0.1, -0.05) is 35.0 Å². The number of methoxy groups -OCH3 is 1. The highest BCUT2D eigenvalue weighted by Gasteiger charge is 2.35. The first-order chi connectivity index (χ1) is 14.8. The van der Waals surface area contributed by atoms with Gasteiger partial charge in [-0.05, 0) is 56.9 Å². The molecule has 31 heavy (non-hydrogen) atoms. The molecule has 1 aliphatic rings. The van der Waals surface area contributed by atoms with Crippen LogP contribution >= 0.6 is 0 Å². The van der Waals surface area contributed by atoms with Gasteiger partial charge in [0.2, 0.25) is 21.7 Å². The molecule has 0 saturated carbocycles. The van der Waals surface area contributed by atoms with E-state index in [2.05, 4.69) is 10.1 Å². The molecule has 0 aliphatic carbocycles. The average molecular weight is 442 g/mol. The van der Waals surface area contributed by atoms with Crippen molar-refractivity contribution in [2.75, 3.05) is 20.2 Å². The van der Waals surface area contributed by atoms with E-state index >= 15 is 0 Å². The quantitative estimate of drug-likeness (QED) is 0.589. The molecular formula is C23H27N3O4S. The number of hydrogen-bond acceptors (Lipinski definition) is 6. The third kappa shape index (κ3) is 4.22. The van der Waals surface area contributed by atoms with Gasteiger partial charge in [0, 0.05) is 18.7 Å². The lowest BCUT2D eigenvalue weighted by molar-refractivity contribution is 0.265. The first-order valence-corrected chi connectivity index (χ1v) is 11.8. The molecule has 164 valence electrons. The Bertz CT molecular complexity index is 1180. The molecule has 1 unspecified atom stereocenters. The Balaban J connectivity index is 1.59. The van der Waals surface area contributed by atoms with Crippen molar-refractivity contribution in [3.8, 4) is 17.1 Å². The molecule has 1 fully saturated rings. The van der Waals surface area contributed by atoms with Crippen LogP contribution in [0.25, 0.3) is 11.4 Å². The van der Waals surface area contributed by atoms with Crippen molar-refractivity contribution in [2.24, 2.45) is 0 Å². The highest BCUT2D eigenvalue weighted by Crippen LogP contribution is 2.33. The summed E-state index contributed by atoms with van der Waals surface area (Å²) in [5.41, 5.74) is 3.40. The molecule has 2 aromatic carbocycles. The molecule has 0 spiro atoms. The van der Waals surface area contributed by atoms with E-state index in [0.717, 1.165) is 35.1 Å². The van der Waals surface area contributed by atoms with Crippen LogP contribution in [0.4, 0.5) is 0 Å². The minimum Gasteiger partial charge on any atom is -0.497 e. The molecule has 1 saturated heterocycles. The van der Waals surface area contributed by atoms with Gasteiger partial charge in [-0.2, -0.15) is 9.29 Å². The van der Waals surface area contributed by atoms with Crippen molar-refractivity contribution in [3.63, 3.8) is 0 Å². The van der Waals surface area contributed by atoms with Crippen LogP contribution in [0.5, 0.6) is 5.75 Å². The second-order valence-electron chi connectivity index (χ2n) is 8.12. The van der Waals surface area contributed by atoms with Crippen molar-refractivity contribution in [3.05, 3.63) is 59.0 Å². The van der Waals surface area contributed by atoms with Crippen LogP contribution < -0.4 is 4.74 Å². The van der Waals surface area contributed by atoms with Crippen molar-refractivity contribution < 1.29 is 17.7 Å². The molecule has 1 atom stereocenters. The highest BCUT2D eigenvalue weighted by atomic mass is 32.2. The second-order valence-corrected chi connectivity index (χ2v) is 9.99. The molecule has 8 heteroatoms. The number of aryl methyl sites for hydroxylation is 3. The lowest BCUT2D eigenvalue weighted by Gasteiger charge is -2.31. The molecule has 0 amide bonds. The Morgan fingerprint density at radius 1 is 1.13 bits per heavy atom. The third-order valence-corrected chi connectivity index (χ3v) is 7.88. The second kappa shape index (κ2) is 8.43. The molecule has 2 heterocycles. The van der Waals surface area contributed by atoms with E-state index in [1.165, 1.54) is 0 Å². The van der Waals surface area contributed by atoms with E-state index in [4.69, 9.17) is 9.26 Å². The van der Waals surface area contributed by atoms with Crippen LogP contribution in [-0.2, 0) is 10.0 Å². The van der Waals surface area contributed by atoms with Crippen LogP contribution in [0.1, 0.15) is 41.3 Å². The fraction of sp³-hybridized carbons (Fsp3) is 0.391. The predicted octanol–water partition coefficient (Wildman–Crippen LogP) is 4.24. The van der Waals surface area contributed by atoms with Crippen LogP contribution in [0, 0.1) is 20.8 Å². The number of nitrogens with zero attached hydrogens (tertiary/aromatic N) is 3. The zero-order valence-electron chi connectivity index (χ0n) is 18.3. The summed E-state index contributed by atoms with van der Waals surface area (Å²) >= 11 is 0. The summed E-state index contributed by atoms with van der Waals surface area (Å²) in [4.78, 5) is 4.96. The van der Waals surface area contributed by atoms with E-state index in [0.29, 0.717) is 35.4 Å². The number of aromatic nitrogens is 2. The standard InChI is InChI=1S/C23H27N3O4S/c1-15-11-16(2)21(17(3)12-15)31(27,28)26-10-6-8-19(14-26)23-24-22(25-30-23)18-7-5-9-20(13-18)29-4/h5,7,9,11-13,19H,6,8,10,14H2,1-4H3. The van der Waals surface area contributed by atoms with E-state index in [1.807, 2.05) is 57.2 Å². The van der Waals surface area contributed by atoms with Crippen molar-refractivity contribution >= 4 is 10.0 Å². The maximum atomic E-state index is 13.5. The lowest BCUT2D eigenvalue weighted by Crippen LogP contribution is -2.39. The van der Waals surface area contributed by atoms with Crippen LogP contribution in [0.15, 0.2) is 45.8 Å². The summed E-state index contributed by atoms with van der Waals surface area (Å²) in [6.45, 7) is 6.50. The number of benzene rings is 2. The average Bonchev–Trinajstić information content (AvgIpc) is 3.23. The van der Waals surface area contributed by atoms with Gasteiger partial charge in [0.05, 0.1) is 17.9 Å². The van der Waals surface area contributed by atoms with Crippen molar-refractivity contribution in [2.45, 2.75) is 44.4 Å². The molecular weight excluding hydrogens is 414 g/mol. The van der Waals surface area contributed by atoms with Gasteiger partial charge < -0.3 is 9.26 Å². The molecule has 4 rings (SSSR count).